The van der Waals surface area contributed by atoms with Gasteiger partial charge in [-0.2, -0.15) is 4.31 Å². The average molecular weight is 414 g/mol. The molecule has 0 saturated heterocycles. The van der Waals surface area contributed by atoms with Gasteiger partial charge < -0.3 is 14.6 Å². The second-order valence-electron chi connectivity index (χ2n) is 6.02. The largest absolute Gasteiger partial charge is 0.495 e. The van der Waals surface area contributed by atoms with Crippen molar-refractivity contribution in [2.24, 2.45) is 7.05 Å². The number of hydrogen-bond donors (Lipinski definition) is 1. The Balaban J connectivity index is 2.37. The number of carbonyl (C=O) groups excluding carboxylic acids is 1. The number of anilines is 1. The summed E-state index contributed by atoms with van der Waals surface area (Å²) in [4.78, 5) is 12.8. The van der Waals surface area contributed by atoms with Crippen LogP contribution >= 0.6 is 11.6 Å². The zero-order valence-electron chi connectivity index (χ0n) is 16.0. The summed E-state index contributed by atoms with van der Waals surface area (Å²) >= 11 is 6.09. The van der Waals surface area contributed by atoms with E-state index in [-0.39, 0.29) is 10.6 Å². The van der Waals surface area contributed by atoms with Crippen molar-refractivity contribution in [1.82, 2.24) is 8.87 Å². The molecule has 148 valence electrons. The molecular formula is C18H24ClN3O4S. The monoisotopic (exact) mass is 413 g/mol. The van der Waals surface area contributed by atoms with Gasteiger partial charge in [0.05, 0.1) is 12.8 Å². The molecule has 0 radical (unpaired) electrons. The number of hydrogen-bond acceptors (Lipinski definition) is 4. The molecule has 2 rings (SSSR count). The summed E-state index contributed by atoms with van der Waals surface area (Å²) < 4.78 is 33.4. The Morgan fingerprint density at radius 1 is 1.26 bits per heavy atom. The van der Waals surface area contributed by atoms with Crippen molar-refractivity contribution < 1.29 is 17.9 Å². The number of halogens is 1. The van der Waals surface area contributed by atoms with E-state index in [0.717, 1.165) is 5.56 Å². The highest BCUT2D eigenvalue weighted by atomic mass is 35.5. The Hall–Kier alpha value is -2.03. The molecule has 2 aromatic rings. The maximum absolute atomic E-state index is 12.7. The molecule has 1 aromatic heterocycles. The Bertz CT molecular complexity index is 950. The number of amides is 1. The molecule has 1 aromatic carbocycles. The van der Waals surface area contributed by atoms with E-state index < -0.39 is 15.9 Å². The van der Waals surface area contributed by atoms with Crippen molar-refractivity contribution >= 4 is 33.2 Å². The normalized spacial score (nSPS) is 11.7. The van der Waals surface area contributed by atoms with Crippen molar-refractivity contribution in [2.45, 2.75) is 25.7 Å². The molecule has 0 unspecified atom stereocenters. The van der Waals surface area contributed by atoms with Crippen LogP contribution in [0, 0.1) is 6.92 Å². The lowest BCUT2D eigenvalue weighted by Crippen LogP contribution is -2.30. The third kappa shape index (κ3) is 4.28. The minimum absolute atomic E-state index is 0.0816. The lowest BCUT2D eigenvalue weighted by molar-refractivity contribution is 0.101. The summed E-state index contributed by atoms with van der Waals surface area (Å²) in [6.45, 7) is 6.07. The van der Waals surface area contributed by atoms with Crippen molar-refractivity contribution in [3.8, 4) is 5.75 Å². The van der Waals surface area contributed by atoms with Crippen molar-refractivity contribution in [3.05, 3.63) is 40.7 Å². The highest BCUT2D eigenvalue weighted by Crippen LogP contribution is 2.31. The smallest absolute Gasteiger partial charge is 0.272 e. The van der Waals surface area contributed by atoms with Crippen LogP contribution in [0.2, 0.25) is 5.02 Å². The standard InChI is InChI=1S/C18H24ClN3O4S/c1-6-22(7-2)27(24,25)13-9-16(21(4)11-13)18(23)20-15-8-12(3)14(19)10-17(15)26-5/h8-11H,6-7H2,1-5H3,(H,20,23). The fourth-order valence-electron chi connectivity index (χ4n) is 2.73. The number of rotatable bonds is 7. The molecule has 0 saturated carbocycles. The Morgan fingerprint density at radius 2 is 1.89 bits per heavy atom. The first-order valence-corrected chi connectivity index (χ1v) is 10.3. The van der Waals surface area contributed by atoms with Crippen LogP contribution < -0.4 is 10.1 Å². The number of nitrogens with one attached hydrogen (secondary N) is 1. The molecule has 0 aliphatic carbocycles. The van der Waals surface area contributed by atoms with Crippen LogP contribution in [0.25, 0.3) is 0 Å². The average Bonchev–Trinajstić information content (AvgIpc) is 3.01. The van der Waals surface area contributed by atoms with Crippen LogP contribution in [-0.4, -0.2) is 43.4 Å². The van der Waals surface area contributed by atoms with E-state index in [2.05, 4.69) is 5.32 Å². The van der Waals surface area contributed by atoms with Gasteiger partial charge in [-0.1, -0.05) is 25.4 Å². The predicted molar refractivity (Wildman–Crippen MR) is 106 cm³/mol. The van der Waals surface area contributed by atoms with E-state index in [0.29, 0.717) is 29.5 Å². The second kappa shape index (κ2) is 8.33. The summed E-state index contributed by atoms with van der Waals surface area (Å²) in [5, 5.41) is 3.28. The van der Waals surface area contributed by atoms with Crippen LogP contribution in [0.3, 0.4) is 0 Å². The lowest BCUT2D eigenvalue weighted by Gasteiger charge is -2.17. The van der Waals surface area contributed by atoms with E-state index in [1.54, 1.807) is 33.0 Å². The number of carbonyl (C=O) groups is 1. The van der Waals surface area contributed by atoms with E-state index in [9.17, 15) is 13.2 Å². The van der Waals surface area contributed by atoms with Gasteiger partial charge in [0, 0.05) is 37.4 Å². The predicted octanol–water partition coefficient (Wildman–Crippen LogP) is 3.28. The number of benzene rings is 1. The van der Waals surface area contributed by atoms with Gasteiger partial charge in [0.25, 0.3) is 5.91 Å². The molecule has 0 bridgehead atoms. The quantitative estimate of drug-likeness (QED) is 0.755. The topological polar surface area (TPSA) is 80.6 Å². The van der Waals surface area contributed by atoms with Crippen molar-refractivity contribution in [3.63, 3.8) is 0 Å². The van der Waals surface area contributed by atoms with Gasteiger partial charge in [-0.05, 0) is 24.6 Å². The third-order valence-electron chi connectivity index (χ3n) is 4.28. The molecule has 0 fully saturated rings. The fourth-order valence-corrected chi connectivity index (χ4v) is 4.41. The maximum atomic E-state index is 12.7. The van der Waals surface area contributed by atoms with Gasteiger partial charge in [-0.3, -0.25) is 4.79 Å². The van der Waals surface area contributed by atoms with Crippen LogP contribution in [0.4, 0.5) is 5.69 Å². The first-order chi connectivity index (χ1) is 12.6. The Kier molecular flexibility index (Phi) is 6.56. The summed E-state index contributed by atoms with van der Waals surface area (Å²) in [6, 6.07) is 4.70. The van der Waals surface area contributed by atoms with Crippen LogP contribution in [0.5, 0.6) is 5.75 Å². The zero-order chi connectivity index (χ0) is 20.4. The van der Waals surface area contributed by atoms with Crippen molar-refractivity contribution in [1.29, 1.82) is 0 Å². The summed E-state index contributed by atoms with van der Waals surface area (Å²) in [7, 11) is -0.538. The summed E-state index contributed by atoms with van der Waals surface area (Å²) in [5.41, 5.74) is 1.46. The first kappa shape index (κ1) is 21.3. The molecular weight excluding hydrogens is 390 g/mol. The van der Waals surface area contributed by atoms with Gasteiger partial charge in [0.15, 0.2) is 0 Å². The minimum Gasteiger partial charge on any atom is -0.495 e. The Morgan fingerprint density at radius 3 is 2.44 bits per heavy atom. The number of sulfonamides is 1. The number of nitrogens with zero attached hydrogens (tertiary/aromatic N) is 2. The lowest BCUT2D eigenvalue weighted by atomic mass is 10.2. The van der Waals surface area contributed by atoms with Gasteiger partial charge in [-0.15, -0.1) is 0 Å². The SMILES string of the molecule is CCN(CC)S(=O)(=O)c1cc(C(=O)Nc2cc(C)c(Cl)cc2OC)n(C)c1. The summed E-state index contributed by atoms with van der Waals surface area (Å²) in [5.74, 6) is -0.0253. The van der Waals surface area contributed by atoms with E-state index in [1.165, 1.54) is 28.2 Å². The number of aryl methyl sites for hydroxylation is 2. The number of aromatic nitrogens is 1. The third-order valence-corrected chi connectivity index (χ3v) is 6.71. The molecule has 7 nitrogen and oxygen atoms in total. The van der Waals surface area contributed by atoms with Crippen LogP contribution in [0.1, 0.15) is 29.9 Å². The van der Waals surface area contributed by atoms with Gasteiger partial charge >= 0.3 is 0 Å². The van der Waals surface area contributed by atoms with Gasteiger partial charge in [-0.25, -0.2) is 8.42 Å². The number of ether oxygens (including phenoxy) is 1. The van der Waals surface area contributed by atoms with Crippen LogP contribution in [0.15, 0.2) is 29.3 Å². The first-order valence-electron chi connectivity index (χ1n) is 8.47. The maximum Gasteiger partial charge on any atom is 0.272 e. The van der Waals surface area contributed by atoms with Gasteiger partial charge in [0.2, 0.25) is 10.0 Å². The van der Waals surface area contributed by atoms with E-state index >= 15 is 0 Å². The zero-order valence-corrected chi connectivity index (χ0v) is 17.6. The molecule has 1 N–H and O–H groups in total. The molecule has 1 amide bonds. The van der Waals surface area contributed by atoms with Crippen LogP contribution in [-0.2, 0) is 17.1 Å². The molecule has 1 heterocycles. The van der Waals surface area contributed by atoms with E-state index in [4.69, 9.17) is 16.3 Å². The van der Waals surface area contributed by atoms with E-state index in [1.807, 2.05) is 6.92 Å². The highest BCUT2D eigenvalue weighted by Gasteiger charge is 2.25. The molecule has 0 atom stereocenters. The fraction of sp³-hybridized carbons (Fsp3) is 0.389. The van der Waals surface area contributed by atoms with Crippen molar-refractivity contribution in [2.75, 3.05) is 25.5 Å². The highest BCUT2D eigenvalue weighted by molar-refractivity contribution is 7.89. The molecule has 27 heavy (non-hydrogen) atoms. The van der Waals surface area contributed by atoms with Gasteiger partial charge in [0.1, 0.15) is 16.3 Å². The molecule has 9 heteroatoms. The molecule has 0 spiro atoms. The summed E-state index contributed by atoms with van der Waals surface area (Å²) in [6.07, 6.45) is 1.44. The number of methoxy groups -OCH3 is 1. The Labute approximate surface area is 164 Å². The second-order valence-corrected chi connectivity index (χ2v) is 8.36. The molecule has 0 aliphatic heterocycles. The minimum atomic E-state index is -3.64. The molecule has 0 aliphatic rings.